The number of aliphatic hydroxyl groups excluding tert-OH is 1. The molecular formula is C10H13BrO3S. The number of halogens is 1. The molecule has 0 aliphatic rings. The molecule has 1 N–H and O–H groups in total. The molecule has 1 atom stereocenters. The summed E-state index contributed by atoms with van der Waals surface area (Å²) < 4.78 is 5.73. The summed E-state index contributed by atoms with van der Waals surface area (Å²) in [5.41, 5.74) is 0. The Hall–Kier alpha value is -0.390. The van der Waals surface area contributed by atoms with Crippen LogP contribution in [0.1, 0.15) is 30.7 Å². The van der Waals surface area contributed by atoms with E-state index in [1.54, 1.807) is 6.92 Å². The molecule has 1 unspecified atom stereocenters. The predicted octanol–water partition coefficient (Wildman–Crippen LogP) is 2.89. The zero-order valence-corrected chi connectivity index (χ0v) is 10.8. The van der Waals surface area contributed by atoms with E-state index in [9.17, 15) is 9.90 Å². The van der Waals surface area contributed by atoms with Crippen LogP contribution in [0, 0.1) is 0 Å². The van der Waals surface area contributed by atoms with Crippen molar-refractivity contribution in [3.05, 3.63) is 20.8 Å². The molecule has 0 fully saturated rings. The standard InChI is InChI=1S/C10H13BrO3S/c1-2-14-10(13)4-3-8(12)9-5-7(11)6-15-9/h5-6,8,12H,2-4H2,1H3. The molecule has 5 heteroatoms. The van der Waals surface area contributed by atoms with Gasteiger partial charge in [0.25, 0.3) is 0 Å². The fourth-order valence-electron chi connectivity index (χ4n) is 1.13. The minimum Gasteiger partial charge on any atom is -0.466 e. The maximum absolute atomic E-state index is 11.0. The zero-order valence-electron chi connectivity index (χ0n) is 8.40. The van der Waals surface area contributed by atoms with Crippen LogP contribution in [0.3, 0.4) is 0 Å². The van der Waals surface area contributed by atoms with Gasteiger partial charge in [-0.25, -0.2) is 0 Å². The Morgan fingerprint density at radius 3 is 3.00 bits per heavy atom. The minimum absolute atomic E-state index is 0.254. The maximum atomic E-state index is 11.0. The summed E-state index contributed by atoms with van der Waals surface area (Å²) in [6.07, 6.45) is 0.0850. The van der Waals surface area contributed by atoms with Gasteiger partial charge in [-0.05, 0) is 35.3 Å². The van der Waals surface area contributed by atoms with E-state index in [1.165, 1.54) is 11.3 Å². The first-order chi connectivity index (χ1) is 7.13. The van der Waals surface area contributed by atoms with Gasteiger partial charge < -0.3 is 9.84 Å². The Balaban J connectivity index is 2.36. The molecule has 0 aliphatic carbocycles. The van der Waals surface area contributed by atoms with E-state index in [4.69, 9.17) is 4.74 Å². The molecule has 0 amide bonds. The van der Waals surface area contributed by atoms with Crippen molar-refractivity contribution >= 4 is 33.2 Å². The average Bonchev–Trinajstić information content (AvgIpc) is 2.62. The Bertz CT molecular complexity index is 324. The van der Waals surface area contributed by atoms with Gasteiger partial charge in [-0.15, -0.1) is 11.3 Å². The minimum atomic E-state index is -0.578. The number of hydrogen-bond acceptors (Lipinski definition) is 4. The Morgan fingerprint density at radius 1 is 1.73 bits per heavy atom. The van der Waals surface area contributed by atoms with Crippen molar-refractivity contribution < 1.29 is 14.6 Å². The van der Waals surface area contributed by atoms with E-state index in [0.717, 1.165) is 9.35 Å². The molecule has 1 heterocycles. The van der Waals surface area contributed by atoms with E-state index < -0.39 is 6.10 Å². The van der Waals surface area contributed by atoms with Crippen molar-refractivity contribution in [3.8, 4) is 0 Å². The van der Waals surface area contributed by atoms with Crippen LogP contribution in [0.5, 0.6) is 0 Å². The zero-order chi connectivity index (χ0) is 11.3. The third kappa shape index (κ3) is 4.32. The van der Waals surface area contributed by atoms with Gasteiger partial charge in [0, 0.05) is 21.2 Å². The van der Waals surface area contributed by atoms with Gasteiger partial charge in [0.05, 0.1) is 12.7 Å². The first-order valence-electron chi connectivity index (χ1n) is 4.71. The molecule has 1 rings (SSSR count). The number of aliphatic hydroxyl groups is 1. The highest BCUT2D eigenvalue weighted by Crippen LogP contribution is 2.28. The molecule has 0 spiro atoms. The summed E-state index contributed by atoms with van der Waals surface area (Å²) in [5.74, 6) is -0.257. The van der Waals surface area contributed by atoms with Crippen molar-refractivity contribution in [1.82, 2.24) is 0 Å². The molecule has 1 aromatic heterocycles. The van der Waals surface area contributed by atoms with Gasteiger partial charge in [-0.1, -0.05) is 0 Å². The number of hydrogen-bond donors (Lipinski definition) is 1. The van der Waals surface area contributed by atoms with E-state index in [-0.39, 0.29) is 12.4 Å². The monoisotopic (exact) mass is 292 g/mol. The summed E-state index contributed by atoms with van der Waals surface area (Å²) in [4.78, 5) is 11.9. The number of ether oxygens (including phenoxy) is 1. The summed E-state index contributed by atoms with van der Waals surface area (Å²) in [7, 11) is 0. The molecule has 84 valence electrons. The average molecular weight is 293 g/mol. The smallest absolute Gasteiger partial charge is 0.305 e. The van der Waals surface area contributed by atoms with Crippen molar-refractivity contribution in [3.63, 3.8) is 0 Å². The first-order valence-corrected chi connectivity index (χ1v) is 6.38. The normalized spacial score (nSPS) is 12.5. The van der Waals surface area contributed by atoms with Crippen molar-refractivity contribution in [2.24, 2.45) is 0 Å². The lowest BCUT2D eigenvalue weighted by Crippen LogP contribution is -2.06. The highest BCUT2D eigenvalue weighted by molar-refractivity contribution is 9.10. The Labute approximate surface area is 101 Å². The predicted molar refractivity (Wildman–Crippen MR) is 62.8 cm³/mol. The van der Waals surface area contributed by atoms with E-state index in [0.29, 0.717) is 13.0 Å². The lowest BCUT2D eigenvalue weighted by atomic mass is 10.2. The quantitative estimate of drug-likeness (QED) is 0.849. The molecule has 15 heavy (non-hydrogen) atoms. The summed E-state index contributed by atoms with van der Waals surface area (Å²) in [5, 5.41) is 11.6. The van der Waals surface area contributed by atoms with Crippen LogP contribution in [0.15, 0.2) is 15.9 Å². The number of esters is 1. The molecule has 0 aliphatic heterocycles. The number of thiophene rings is 1. The van der Waals surface area contributed by atoms with Crippen LogP contribution in [-0.2, 0) is 9.53 Å². The highest BCUT2D eigenvalue weighted by Gasteiger charge is 2.12. The second kappa shape index (κ2) is 6.25. The SMILES string of the molecule is CCOC(=O)CCC(O)c1cc(Br)cs1. The van der Waals surface area contributed by atoms with Crippen LogP contribution >= 0.6 is 27.3 Å². The third-order valence-corrected chi connectivity index (χ3v) is 3.64. The Morgan fingerprint density at radius 2 is 2.47 bits per heavy atom. The maximum Gasteiger partial charge on any atom is 0.305 e. The van der Waals surface area contributed by atoms with Crippen molar-refractivity contribution in [1.29, 1.82) is 0 Å². The van der Waals surface area contributed by atoms with Gasteiger partial charge >= 0.3 is 5.97 Å². The number of carbonyl (C=O) groups excluding carboxylic acids is 1. The van der Waals surface area contributed by atoms with Crippen molar-refractivity contribution in [2.45, 2.75) is 25.9 Å². The number of carbonyl (C=O) groups is 1. The van der Waals surface area contributed by atoms with E-state index >= 15 is 0 Å². The molecular weight excluding hydrogens is 280 g/mol. The van der Waals surface area contributed by atoms with Crippen LogP contribution in [0.4, 0.5) is 0 Å². The molecule has 0 aromatic carbocycles. The highest BCUT2D eigenvalue weighted by atomic mass is 79.9. The fourth-order valence-corrected chi connectivity index (χ4v) is 2.60. The molecule has 0 saturated carbocycles. The summed E-state index contributed by atoms with van der Waals surface area (Å²) >= 11 is 4.79. The molecule has 0 bridgehead atoms. The van der Waals surface area contributed by atoms with Crippen LogP contribution in [0.25, 0.3) is 0 Å². The second-order valence-electron chi connectivity index (χ2n) is 3.03. The fraction of sp³-hybridized carbons (Fsp3) is 0.500. The lowest BCUT2D eigenvalue weighted by molar-refractivity contribution is -0.143. The lowest BCUT2D eigenvalue weighted by Gasteiger charge is -2.07. The topological polar surface area (TPSA) is 46.5 Å². The molecule has 0 radical (unpaired) electrons. The number of rotatable bonds is 5. The van der Waals surface area contributed by atoms with Gasteiger partial charge in [0.2, 0.25) is 0 Å². The van der Waals surface area contributed by atoms with Crippen LogP contribution in [-0.4, -0.2) is 17.7 Å². The van der Waals surface area contributed by atoms with Gasteiger partial charge in [-0.2, -0.15) is 0 Å². The third-order valence-electron chi connectivity index (χ3n) is 1.84. The van der Waals surface area contributed by atoms with Crippen LogP contribution in [0.2, 0.25) is 0 Å². The van der Waals surface area contributed by atoms with Crippen molar-refractivity contribution in [2.75, 3.05) is 6.61 Å². The molecule has 1 aromatic rings. The molecule has 0 saturated heterocycles. The molecule has 3 nitrogen and oxygen atoms in total. The van der Waals surface area contributed by atoms with E-state index in [2.05, 4.69) is 15.9 Å². The summed E-state index contributed by atoms with van der Waals surface area (Å²) in [6.45, 7) is 2.16. The van der Waals surface area contributed by atoms with Gasteiger partial charge in [-0.3, -0.25) is 4.79 Å². The first kappa shape index (κ1) is 12.7. The largest absolute Gasteiger partial charge is 0.466 e. The summed E-state index contributed by atoms with van der Waals surface area (Å²) in [6, 6.07) is 1.86. The van der Waals surface area contributed by atoms with Gasteiger partial charge in [0.1, 0.15) is 0 Å². The van der Waals surface area contributed by atoms with E-state index in [1.807, 2.05) is 11.4 Å². The van der Waals surface area contributed by atoms with Gasteiger partial charge in [0.15, 0.2) is 0 Å². The Kier molecular flexibility index (Phi) is 5.28. The van der Waals surface area contributed by atoms with Crippen LogP contribution < -0.4 is 0 Å². The second-order valence-corrected chi connectivity index (χ2v) is 4.89.